The lowest BCUT2D eigenvalue weighted by molar-refractivity contribution is 0.0113. The van der Waals surface area contributed by atoms with E-state index in [1.165, 1.54) is 38.8 Å². The third kappa shape index (κ3) is 2.22. The fourth-order valence-electron chi connectivity index (χ4n) is 4.73. The Labute approximate surface area is 113 Å². The average Bonchev–Trinajstić information content (AvgIpc) is 2.88. The number of hydrogen-bond acceptors (Lipinski definition) is 2. The van der Waals surface area contributed by atoms with Crippen molar-refractivity contribution in [2.45, 2.75) is 71.0 Å². The lowest BCUT2D eigenvalue weighted by Gasteiger charge is -2.50. The van der Waals surface area contributed by atoms with Gasteiger partial charge in [-0.1, -0.05) is 20.3 Å². The van der Waals surface area contributed by atoms with Crippen LogP contribution in [0.4, 0.5) is 0 Å². The molecule has 0 amide bonds. The van der Waals surface area contributed by atoms with Gasteiger partial charge in [0.05, 0.1) is 0 Å². The largest absolute Gasteiger partial charge is 0.309 e. The molecule has 4 atom stereocenters. The Bertz CT molecular complexity index is 310. The molecule has 1 N–H and O–H groups in total. The summed E-state index contributed by atoms with van der Waals surface area (Å²) in [5.41, 5.74) is 0.299. The summed E-state index contributed by atoms with van der Waals surface area (Å²) < 4.78 is 0. The van der Waals surface area contributed by atoms with Crippen molar-refractivity contribution < 1.29 is 0 Å². The minimum absolute atomic E-state index is 0.299. The van der Waals surface area contributed by atoms with Crippen molar-refractivity contribution in [3.8, 4) is 0 Å². The van der Waals surface area contributed by atoms with Gasteiger partial charge in [0.1, 0.15) is 0 Å². The van der Waals surface area contributed by atoms with E-state index in [-0.39, 0.29) is 0 Å². The van der Waals surface area contributed by atoms with Gasteiger partial charge in [-0.15, -0.1) is 0 Å². The van der Waals surface area contributed by atoms with Gasteiger partial charge in [-0.05, 0) is 50.9 Å². The Kier molecular flexibility index (Phi) is 3.22. The molecule has 2 heteroatoms. The van der Waals surface area contributed by atoms with Crippen LogP contribution in [-0.2, 0) is 0 Å². The molecule has 1 saturated heterocycles. The van der Waals surface area contributed by atoms with E-state index in [9.17, 15) is 0 Å². The minimum Gasteiger partial charge on any atom is -0.309 e. The molecule has 0 radical (unpaired) electrons. The van der Waals surface area contributed by atoms with E-state index >= 15 is 0 Å². The topological polar surface area (TPSA) is 15.3 Å². The maximum Gasteiger partial charge on any atom is 0.0253 e. The maximum atomic E-state index is 3.75. The molecule has 0 spiro atoms. The standard InChI is InChI=1S/C16H30N2/c1-11(2)15-9-17-16(3,4)10-18(15)14-8-12-5-6-13(14)7-12/h11-15,17H,5-10H2,1-4H3. The Morgan fingerprint density at radius 1 is 1.17 bits per heavy atom. The molecular formula is C16H30N2. The first kappa shape index (κ1) is 12.9. The van der Waals surface area contributed by atoms with Gasteiger partial charge in [-0.3, -0.25) is 4.90 Å². The second-order valence-electron chi connectivity index (χ2n) is 7.99. The van der Waals surface area contributed by atoms with E-state index in [0.29, 0.717) is 5.54 Å². The molecule has 2 aliphatic carbocycles. The molecule has 3 aliphatic rings. The zero-order valence-corrected chi connectivity index (χ0v) is 12.6. The monoisotopic (exact) mass is 250 g/mol. The van der Waals surface area contributed by atoms with Crippen LogP contribution in [0.15, 0.2) is 0 Å². The molecule has 2 saturated carbocycles. The van der Waals surface area contributed by atoms with Crippen LogP contribution < -0.4 is 5.32 Å². The number of nitrogens with zero attached hydrogens (tertiary/aromatic N) is 1. The molecule has 18 heavy (non-hydrogen) atoms. The van der Waals surface area contributed by atoms with Gasteiger partial charge in [0.25, 0.3) is 0 Å². The number of rotatable bonds is 2. The highest BCUT2D eigenvalue weighted by molar-refractivity contribution is 5.02. The van der Waals surface area contributed by atoms with Crippen LogP contribution >= 0.6 is 0 Å². The molecule has 2 bridgehead atoms. The minimum atomic E-state index is 0.299. The van der Waals surface area contributed by atoms with E-state index in [0.717, 1.165) is 29.8 Å². The van der Waals surface area contributed by atoms with E-state index in [4.69, 9.17) is 0 Å². The Morgan fingerprint density at radius 3 is 2.50 bits per heavy atom. The summed E-state index contributed by atoms with van der Waals surface area (Å²) >= 11 is 0. The van der Waals surface area contributed by atoms with Crippen molar-refractivity contribution in [3.05, 3.63) is 0 Å². The zero-order valence-electron chi connectivity index (χ0n) is 12.6. The lowest BCUT2D eigenvalue weighted by Crippen LogP contribution is -2.65. The second kappa shape index (κ2) is 4.49. The first-order valence-corrected chi connectivity index (χ1v) is 7.97. The zero-order chi connectivity index (χ0) is 12.9. The van der Waals surface area contributed by atoms with Gasteiger partial charge in [-0.25, -0.2) is 0 Å². The Balaban J connectivity index is 1.77. The van der Waals surface area contributed by atoms with Crippen LogP contribution in [-0.4, -0.2) is 35.6 Å². The van der Waals surface area contributed by atoms with Crippen molar-refractivity contribution in [2.75, 3.05) is 13.1 Å². The van der Waals surface area contributed by atoms with Crippen molar-refractivity contribution in [3.63, 3.8) is 0 Å². The second-order valence-corrected chi connectivity index (χ2v) is 7.99. The number of fused-ring (bicyclic) bond motifs is 2. The highest BCUT2D eigenvalue weighted by Crippen LogP contribution is 2.48. The maximum absolute atomic E-state index is 3.75. The fourth-order valence-corrected chi connectivity index (χ4v) is 4.73. The Hall–Kier alpha value is -0.0800. The van der Waals surface area contributed by atoms with Crippen molar-refractivity contribution in [1.82, 2.24) is 10.2 Å². The molecule has 4 unspecified atom stereocenters. The first-order valence-electron chi connectivity index (χ1n) is 7.97. The third-order valence-electron chi connectivity index (χ3n) is 5.69. The summed E-state index contributed by atoms with van der Waals surface area (Å²) in [6, 6.07) is 1.65. The van der Waals surface area contributed by atoms with Gasteiger partial charge in [0, 0.05) is 30.7 Å². The van der Waals surface area contributed by atoms with Gasteiger partial charge in [0.15, 0.2) is 0 Å². The quantitative estimate of drug-likeness (QED) is 0.811. The van der Waals surface area contributed by atoms with E-state index < -0.39 is 0 Å². The third-order valence-corrected chi connectivity index (χ3v) is 5.69. The van der Waals surface area contributed by atoms with E-state index in [2.05, 4.69) is 37.9 Å². The van der Waals surface area contributed by atoms with Gasteiger partial charge < -0.3 is 5.32 Å². The predicted molar refractivity (Wildman–Crippen MR) is 76.6 cm³/mol. The number of nitrogens with one attached hydrogen (secondary N) is 1. The van der Waals surface area contributed by atoms with Gasteiger partial charge in [-0.2, -0.15) is 0 Å². The molecule has 1 heterocycles. The molecule has 2 nitrogen and oxygen atoms in total. The molecule has 3 fully saturated rings. The summed E-state index contributed by atoms with van der Waals surface area (Å²) in [4.78, 5) is 2.89. The molecule has 0 aromatic heterocycles. The van der Waals surface area contributed by atoms with Crippen molar-refractivity contribution in [1.29, 1.82) is 0 Å². The number of hydrogen-bond donors (Lipinski definition) is 1. The average molecular weight is 250 g/mol. The summed E-state index contributed by atoms with van der Waals surface area (Å²) in [6.45, 7) is 11.9. The normalized spacial score (nSPS) is 43.8. The van der Waals surface area contributed by atoms with Crippen LogP contribution in [0.5, 0.6) is 0 Å². The summed E-state index contributed by atoms with van der Waals surface area (Å²) in [5.74, 6) is 2.85. The first-order chi connectivity index (χ1) is 8.46. The van der Waals surface area contributed by atoms with Crippen molar-refractivity contribution >= 4 is 0 Å². The number of piperazine rings is 1. The summed E-state index contributed by atoms with van der Waals surface area (Å²) in [7, 11) is 0. The fraction of sp³-hybridized carbons (Fsp3) is 1.00. The molecule has 0 aromatic carbocycles. The summed E-state index contributed by atoms with van der Waals surface area (Å²) in [6.07, 6.45) is 6.04. The van der Waals surface area contributed by atoms with Crippen LogP contribution in [0.3, 0.4) is 0 Å². The Morgan fingerprint density at radius 2 is 1.94 bits per heavy atom. The van der Waals surface area contributed by atoms with Gasteiger partial charge in [0.2, 0.25) is 0 Å². The summed E-state index contributed by atoms with van der Waals surface area (Å²) in [5, 5.41) is 3.75. The molecule has 1 aliphatic heterocycles. The van der Waals surface area contributed by atoms with Gasteiger partial charge >= 0.3 is 0 Å². The molecule has 3 rings (SSSR count). The van der Waals surface area contributed by atoms with Crippen LogP contribution in [0, 0.1) is 17.8 Å². The molecule has 0 aromatic rings. The molecular weight excluding hydrogens is 220 g/mol. The predicted octanol–water partition coefficient (Wildman–Crippen LogP) is 2.88. The van der Waals surface area contributed by atoms with E-state index in [1.54, 1.807) is 0 Å². The highest BCUT2D eigenvalue weighted by atomic mass is 15.3. The van der Waals surface area contributed by atoms with Crippen molar-refractivity contribution in [2.24, 2.45) is 17.8 Å². The van der Waals surface area contributed by atoms with Crippen LogP contribution in [0.1, 0.15) is 53.4 Å². The lowest BCUT2D eigenvalue weighted by atomic mass is 9.86. The smallest absolute Gasteiger partial charge is 0.0253 e. The SMILES string of the molecule is CC(C)C1CNC(C)(C)CN1C1CC2CCC1C2. The highest BCUT2D eigenvalue weighted by Gasteiger charge is 2.46. The van der Waals surface area contributed by atoms with Crippen LogP contribution in [0.25, 0.3) is 0 Å². The molecule has 104 valence electrons. The van der Waals surface area contributed by atoms with E-state index in [1.807, 2.05) is 0 Å². The van der Waals surface area contributed by atoms with Crippen LogP contribution in [0.2, 0.25) is 0 Å².